The van der Waals surface area contributed by atoms with Crippen molar-refractivity contribution in [3.05, 3.63) is 0 Å². The maximum absolute atomic E-state index is 11.9. The summed E-state index contributed by atoms with van der Waals surface area (Å²) in [6, 6.07) is -0.466. The standard InChI is InChI=1S/C12H19N3O5/c1-13(6-4-5-11(18)20-3)9(16)8-15-10(17)7-14(2)12(15)19/h4-8H2,1-3H3. The van der Waals surface area contributed by atoms with Gasteiger partial charge in [-0.3, -0.25) is 19.3 Å². The molecule has 1 rings (SSSR count). The highest BCUT2D eigenvalue weighted by Crippen LogP contribution is 2.08. The van der Waals surface area contributed by atoms with Crippen LogP contribution in [0.25, 0.3) is 0 Å². The second-order valence-corrected chi connectivity index (χ2v) is 4.61. The Kier molecular flexibility index (Phi) is 5.48. The van der Waals surface area contributed by atoms with Gasteiger partial charge in [-0.05, 0) is 6.42 Å². The number of hydrogen-bond acceptors (Lipinski definition) is 5. The van der Waals surface area contributed by atoms with Crippen molar-refractivity contribution < 1.29 is 23.9 Å². The van der Waals surface area contributed by atoms with Gasteiger partial charge in [0.2, 0.25) is 5.91 Å². The van der Waals surface area contributed by atoms with E-state index in [0.717, 1.165) is 4.90 Å². The zero-order chi connectivity index (χ0) is 15.3. The molecule has 1 aliphatic heterocycles. The molecule has 1 heterocycles. The van der Waals surface area contributed by atoms with Gasteiger partial charge in [0.1, 0.15) is 13.1 Å². The van der Waals surface area contributed by atoms with E-state index < -0.39 is 6.03 Å². The summed E-state index contributed by atoms with van der Waals surface area (Å²) in [5, 5.41) is 0. The fourth-order valence-electron chi connectivity index (χ4n) is 1.77. The van der Waals surface area contributed by atoms with Crippen molar-refractivity contribution in [2.24, 2.45) is 0 Å². The number of esters is 1. The molecule has 0 spiro atoms. The summed E-state index contributed by atoms with van der Waals surface area (Å²) in [4.78, 5) is 49.5. The Morgan fingerprint density at radius 1 is 1.35 bits per heavy atom. The second kappa shape index (κ2) is 6.88. The van der Waals surface area contributed by atoms with Crippen molar-refractivity contribution >= 4 is 23.8 Å². The first kappa shape index (κ1) is 15.9. The molecular weight excluding hydrogens is 266 g/mol. The van der Waals surface area contributed by atoms with Crippen molar-refractivity contribution in [3.63, 3.8) is 0 Å². The van der Waals surface area contributed by atoms with Crippen LogP contribution in [0.2, 0.25) is 0 Å². The Morgan fingerprint density at radius 2 is 2.00 bits per heavy atom. The number of hydrogen-bond donors (Lipinski definition) is 0. The minimum absolute atomic E-state index is 0.00182. The molecule has 112 valence electrons. The topological polar surface area (TPSA) is 87.2 Å². The van der Waals surface area contributed by atoms with Crippen LogP contribution < -0.4 is 0 Å². The Hall–Kier alpha value is -2.12. The highest BCUT2D eigenvalue weighted by molar-refractivity contribution is 6.04. The molecule has 1 aliphatic rings. The monoisotopic (exact) mass is 285 g/mol. The van der Waals surface area contributed by atoms with E-state index in [4.69, 9.17) is 0 Å². The van der Waals surface area contributed by atoms with Crippen LogP contribution in [0.5, 0.6) is 0 Å². The number of nitrogens with zero attached hydrogens (tertiary/aromatic N) is 3. The van der Waals surface area contributed by atoms with Crippen LogP contribution in [0.15, 0.2) is 0 Å². The molecule has 0 saturated carbocycles. The normalized spacial score (nSPS) is 14.8. The fourth-order valence-corrected chi connectivity index (χ4v) is 1.77. The number of amides is 4. The smallest absolute Gasteiger partial charge is 0.327 e. The highest BCUT2D eigenvalue weighted by atomic mass is 16.5. The summed E-state index contributed by atoms with van der Waals surface area (Å²) in [5.41, 5.74) is 0. The van der Waals surface area contributed by atoms with E-state index in [0.29, 0.717) is 13.0 Å². The summed E-state index contributed by atoms with van der Waals surface area (Å²) in [6.45, 7) is 0.0922. The predicted octanol–water partition coefficient (Wildman–Crippen LogP) is -0.708. The summed E-state index contributed by atoms with van der Waals surface area (Å²) < 4.78 is 4.49. The lowest BCUT2D eigenvalue weighted by molar-refractivity contribution is -0.141. The molecule has 1 fully saturated rings. The van der Waals surface area contributed by atoms with Gasteiger partial charge < -0.3 is 14.5 Å². The number of urea groups is 1. The Morgan fingerprint density at radius 3 is 2.50 bits per heavy atom. The first-order valence-electron chi connectivity index (χ1n) is 6.23. The molecule has 0 aromatic heterocycles. The third-order valence-corrected chi connectivity index (χ3v) is 3.05. The van der Waals surface area contributed by atoms with E-state index in [1.807, 2.05) is 0 Å². The summed E-state index contributed by atoms with van der Waals surface area (Å²) >= 11 is 0. The molecule has 20 heavy (non-hydrogen) atoms. The van der Waals surface area contributed by atoms with Gasteiger partial charge in [-0.15, -0.1) is 0 Å². The van der Waals surface area contributed by atoms with Crippen LogP contribution in [-0.4, -0.2) is 79.4 Å². The Balaban J connectivity index is 2.40. The zero-order valence-corrected chi connectivity index (χ0v) is 11.9. The van der Waals surface area contributed by atoms with E-state index >= 15 is 0 Å². The van der Waals surface area contributed by atoms with Crippen LogP contribution >= 0.6 is 0 Å². The van der Waals surface area contributed by atoms with Gasteiger partial charge in [-0.2, -0.15) is 0 Å². The van der Waals surface area contributed by atoms with Crippen molar-refractivity contribution in [2.75, 3.05) is 40.8 Å². The third kappa shape index (κ3) is 3.94. The summed E-state index contributed by atoms with van der Waals surface area (Å²) in [6.07, 6.45) is 0.690. The molecule has 0 aromatic carbocycles. The molecular formula is C12H19N3O5. The molecule has 8 heteroatoms. The van der Waals surface area contributed by atoms with Crippen molar-refractivity contribution in [1.29, 1.82) is 0 Å². The quantitative estimate of drug-likeness (QED) is 0.475. The molecule has 8 nitrogen and oxygen atoms in total. The number of carbonyl (C=O) groups is 4. The molecule has 0 radical (unpaired) electrons. The molecule has 0 atom stereocenters. The van der Waals surface area contributed by atoms with Gasteiger partial charge in [0.25, 0.3) is 5.91 Å². The summed E-state index contributed by atoms with van der Waals surface area (Å²) in [5.74, 6) is -1.06. The van der Waals surface area contributed by atoms with Gasteiger partial charge in [0, 0.05) is 27.1 Å². The van der Waals surface area contributed by atoms with E-state index in [1.54, 1.807) is 7.05 Å². The molecule has 0 N–H and O–H groups in total. The second-order valence-electron chi connectivity index (χ2n) is 4.61. The highest BCUT2D eigenvalue weighted by Gasteiger charge is 2.35. The van der Waals surface area contributed by atoms with E-state index in [2.05, 4.69) is 4.74 Å². The van der Waals surface area contributed by atoms with Gasteiger partial charge in [-0.25, -0.2) is 4.79 Å². The SMILES string of the molecule is COC(=O)CCCN(C)C(=O)CN1C(=O)CN(C)C1=O. The maximum atomic E-state index is 11.9. The fraction of sp³-hybridized carbons (Fsp3) is 0.667. The molecule has 0 bridgehead atoms. The predicted molar refractivity (Wildman–Crippen MR) is 68.6 cm³/mol. The van der Waals surface area contributed by atoms with Crippen LogP contribution in [0, 0.1) is 0 Å². The third-order valence-electron chi connectivity index (χ3n) is 3.05. The average Bonchev–Trinajstić information content (AvgIpc) is 2.64. The average molecular weight is 285 g/mol. The van der Waals surface area contributed by atoms with Gasteiger partial charge in [0.15, 0.2) is 0 Å². The minimum atomic E-state index is -0.466. The van der Waals surface area contributed by atoms with Crippen LogP contribution in [0.4, 0.5) is 4.79 Å². The number of likely N-dealkylation sites (N-methyl/N-ethyl adjacent to an activating group) is 2. The minimum Gasteiger partial charge on any atom is -0.469 e. The summed E-state index contributed by atoms with van der Waals surface area (Å²) in [7, 11) is 4.37. The Bertz CT molecular complexity index is 423. The molecule has 1 saturated heterocycles. The van der Waals surface area contributed by atoms with Crippen LogP contribution in [0.3, 0.4) is 0 Å². The molecule has 0 unspecified atom stereocenters. The van der Waals surface area contributed by atoms with Gasteiger partial charge in [-0.1, -0.05) is 0 Å². The molecule has 0 aromatic rings. The molecule has 0 aliphatic carbocycles. The lowest BCUT2D eigenvalue weighted by atomic mass is 10.3. The maximum Gasteiger partial charge on any atom is 0.327 e. The number of ether oxygens (including phenoxy) is 1. The zero-order valence-electron chi connectivity index (χ0n) is 11.9. The Labute approximate surface area is 117 Å². The van der Waals surface area contributed by atoms with Crippen molar-refractivity contribution in [3.8, 4) is 0 Å². The van der Waals surface area contributed by atoms with Crippen LogP contribution in [-0.2, 0) is 19.1 Å². The lowest BCUT2D eigenvalue weighted by Crippen LogP contribution is -2.42. The number of methoxy groups -OCH3 is 1. The number of carbonyl (C=O) groups excluding carboxylic acids is 4. The van der Waals surface area contributed by atoms with Gasteiger partial charge >= 0.3 is 12.0 Å². The number of rotatable bonds is 6. The van der Waals surface area contributed by atoms with Crippen LogP contribution in [0.1, 0.15) is 12.8 Å². The van der Waals surface area contributed by atoms with Crippen molar-refractivity contribution in [1.82, 2.24) is 14.7 Å². The van der Waals surface area contributed by atoms with Gasteiger partial charge in [0.05, 0.1) is 7.11 Å². The lowest BCUT2D eigenvalue weighted by Gasteiger charge is -2.20. The molecule has 4 amide bonds. The first-order valence-corrected chi connectivity index (χ1v) is 6.23. The van der Waals surface area contributed by atoms with E-state index in [-0.39, 0.29) is 37.3 Å². The van der Waals surface area contributed by atoms with E-state index in [9.17, 15) is 19.2 Å². The first-order chi connectivity index (χ1) is 9.36. The van der Waals surface area contributed by atoms with E-state index in [1.165, 1.54) is 24.0 Å². The largest absolute Gasteiger partial charge is 0.469 e. The van der Waals surface area contributed by atoms with Crippen molar-refractivity contribution in [2.45, 2.75) is 12.8 Å². The number of imide groups is 1.